The normalized spacial score (nSPS) is 19.5. The minimum absolute atomic E-state index is 0.0351. The fraction of sp³-hybridized carbons (Fsp3) is 0.591. The molecule has 1 amide bonds. The molecule has 1 saturated heterocycles. The number of aryl methyl sites for hydroxylation is 1. The number of rotatable bonds is 8. The van der Waals surface area contributed by atoms with Crippen molar-refractivity contribution < 1.29 is 9.53 Å². The van der Waals surface area contributed by atoms with Gasteiger partial charge in [0, 0.05) is 38.6 Å². The summed E-state index contributed by atoms with van der Waals surface area (Å²) in [5.74, 6) is 1.17. The molecule has 29 heavy (non-hydrogen) atoms. The number of likely N-dealkylation sites (tertiary alicyclic amines) is 1. The summed E-state index contributed by atoms with van der Waals surface area (Å²) < 4.78 is 8.54. The lowest BCUT2D eigenvalue weighted by Crippen LogP contribution is -2.40. The van der Waals surface area contributed by atoms with E-state index in [1.165, 1.54) is 10.2 Å². The highest BCUT2D eigenvalue weighted by Crippen LogP contribution is 2.37. The van der Waals surface area contributed by atoms with Crippen molar-refractivity contribution in [3.05, 3.63) is 52.2 Å². The van der Waals surface area contributed by atoms with E-state index < -0.39 is 0 Å². The van der Waals surface area contributed by atoms with Crippen LogP contribution in [0.4, 0.5) is 0 Å². The van der Waals surface area contributed by atoms with Crippen LogP contribution >= 0.6 is 0 Å². The second kappa shape index (κ2) is 8.95. The van der Waals surface area contributed by atoms with Gasteiger partial charge in [-0.1, -0.05) is 30.3 Å². The van der Waals surface area contributed by atoms with Gasteiger partial charge < -0.3 is 9.64 Å². The zero-order valence-corrected chi connectivity index (χ0v) is 17.1. The molecule has 1 atom stereocenters. The Morgan fingerprint density at radius 3 is 2.72 bits per heavy atom. The van der Waals surface area contributed by atoms with Gasteiger partial charge in [0.25, 0.3) is 0 Å². The highest BCUT2D eigenvalue weighted by Gasteiger charge is 2.35. The van der Waals surface area contributed by atoms with Crippen LogP contribution in [-0.2, 0) is 22.5 Å². The topological polar surface area (TPSA) is 69.4 Å². The van der Waals surface area contributed by atoms with Gasteiger partial charge in [0.1, 0.15) is 5.82 Å². The van der Waals surface area contributed by atoms with E-state index in [0.717, 1.165) is 44.5 Å². The van der Waals surface area contributed by atoms with Gasteiger partial charge in [-0.05, 0) is 37.7 Å². The Balaban J connectivity index is 1.45. The first-order chi connectivity index (χ1) is 14.2. The molecule has 2 aliphatic rings. The fourth-order valence-electron chi connectivity index (χ4n) is 4.18. The van der Waals surface area contributed by atoms with Crippen LogP contribution in [0.25, 0.3) is 0 Å². The molecule has 7 nitrogen and oxygen atoms in total. The minimum atomic E-state index is -0.0351. The summed E-state index contributed by atoms with van der Waals surface area (Å²) in [6.45, 7) is 2.38. The molecule has 1 aliphatic heterocycles. The van der Waals surface area contributed by atoms with Crippen LogP contribution in [0.3, 0.4) is 0 Å². The third-order valence-corrected chi connectivity index (χ3v) is 5.93. The SMILES string of the molecule is COCCn1nc(C2CCCN(C(=O)CCc3ccccc3)C2)n(C2CC2)c1=O. The molecule has 7 heteroatoms. The molecule has 1 saturated carbocycles. The number of piperidine rings is 1. The van der Waals surface area contributed by atoms with E-state index >= 15 is 0 Å². The molecule has 0 N–H and O–H groups in total. The van der Waals surface area contributed by atoms with E-state index in [0.29, 0.717) is 26.1 Å². The molecule has 0 spiro atoms. The van der Waals surface area contributed by atoms with E-state index in [1.807, 2.05) is 27.7 Å². The number of carbonyl (C=O) groups excluding carboxylic acids is 1. The van der Waals surface area contributed by atoms with Crippen molar-refractivity contribution in [1.82, 2.24) is 19.2 Å². The maximum Gasteiger partial charge on any atom is 0.346 e. The first kappa shape index (κ1) is 19.9. The summed E-state index contributed by atoms with van der Waals surface area (Å²) in [4.78, 5) is 27.6. The number of benzene rings is 1. The fourth-order valence-corrected chi connectivity index (χ4v) is 4.18. The second-order valence-electron chi connectivity index (χ2n) is 8.12. The average Bonchev–Trinajstić information content (AvgIpc) is 3.54. The maximum absolute atomic E-state index is 12.8. The molecule has 156 valence electrons. The molecular weight excluding hydrogens is 368 g/mol. The van der Waals surface area contributed by atoms with Crippen LogP contribution in [0.2, 0.25) is 0 Å². The molecule has 2 aromatic rings. The first-order valence-electron chi connectivity index (χ1n) is 10.7. The molecule has 0 radical (unpaired) electrons. The smallest absolute Gasteiger partial charge is 0.346 e. The Morgan fingerprint density at radius 2 is 2.00 bits per heavy atom. The summed E-state index contributed by atoms with van der Waals surface area (Å²) in [7, 11) is 1.63. The number of nitrogens with zero attached hydrogens (tertiary/aromatic N) is 4. The van der Waals surface area contributed by atoms with Crippen molar-refractivity contribution in [2.45, 2.75) is 57.0 Å². The van der Waals surface area contributed by atoms with Gasteiger partial charge >= 0.3 is 5.69 Å². The third kappa shape index (κ3) is 4.61. The first-order valence-corrected chi connectivity index (χ1v) is 10.7. The van der Waals surface area contributed by atoms with Gasteiger partial charge in [-0.15, -0.1) is 0 Å². The second-order valence-corrected chi connectivity index (χ2v) is 8.12. The molecule has 1 aromatic carbocycles. The molecule has 2 fully saturated rings. The quantitative estimate of drug-likeness (QED) is 0.685. The van der Waals surface area contributed by atoms with E-state index in [-0.39, 0.29) is 23.6 Å². The third-order valence-electron chi connectivity index (χ3n) is 5.93. The van der Waals surface area contributed by atoms with E-state index in [4.69, 9.17) is 4.74 Å². The van der Waals surface area contributed by atoms with Crippen molar-refractivity contribution in [2.24, 2.45) is 0 Å². The largest absolute Gasteiger partial charge is 0.383 e. The maximum atomic E-state index is 12.8. The van der Waals surface area contributed by atoms with Gasteiger partial charge in [0.2, 0.25) is 5.91 Å². The van der Waals surface area contributed by atoms with Gasteiger partial charge in [-0.25, -0.2) is 9.48 Å². The molecule has 1 unspecified atom stereocenters. The van der Waals surface area contributed by atoms with Crippen molar-refractivity contribution >= 4 is 5.91 Å². The average molecular weight is 399 g/mol. The Hall–Kier alpha value is -2.41. The Kier molecular flexibility index (Phi) is 6.13. The predicted molar refractivity (Wildman–Crippen MR) is 110 cm³/mol. The van der Waals surface area contributed by atoms with Crippen LogP contribution in [-0.4, -0.2) is 52.0 Å². The van der Waals surface area contributed by atoms with Crippen molar-refractivity contribution in [3.8, 4) is 0 Å². The van der Waals surface area contributed by atoms with E-state index in [9.17, 15) is 9.59 Å². The van der Waals surface area contributed by atoms with Gasteiger partial charge in [0.15, 0.2) is 0 Å². The Bertz CT molecular complexity index is 885. The van der Waals surface area contributed by atoms with Crippen LogP contribution in [0.1, 0.15) is 55.5 Å². The van der Waals surface area contributed by atoms with Gasteiger partial charge in [-0.3, -0.25) is 9.36 Å². The standard InChI is InChI=1S/C22H30N4O3/c1-29-15-14-25-22(28)26(19-10-11-19)21(23-25)18-8-5-13-24(16-18)20(27)12-9-17-6-3-2-4-7-17/h2-4,6-7,18-19H,5,8-16H2,1H3. The Labute approximate surface area is 171 Å². The molecular formula is C22H30N4O3. The zero-order valence-electron chi connectivity index (χ0n) is 17.1. The van der Waals surface area contributed by atoms with Crippen LogP contribution < -0.4 is 5.69 Å². The molecule has 4 rings (SSSR count). The van der Waals surface area contributed by atoms with Gasteiger partial charge in [-0.2, -0.15) is 5.10 Å². The Morgan fingerprint density at radius 1 is 1.21 bits per heavy atom. The summed E-state index contributed by atoms with van der Waals surface area (Å²) in [6, 6.07) is 10.4. The molecule has 0 bridgehead atoms. The number of carbonyl (C=O) groups is 1. The lowest BCUT2D eigenvalue weighted by Gasteiger charge is -2.32. The van der Waals surface area contributed by atoms with E-state index in [1.54, 1.807) is 7.11 Å². The molecule has 2 heterocycles. The van der Waals surface area contributed by atoms with Crippen molar-refractivity contribution in [2.75, 3.05) is 26.8 Å². The summed E-state index contributed by atoms with van der Waals surface area (Å²) in [5.41, 5.74) is 1.15. The number of hydrogen-bond acceptors (Lipinski definition) is 4. The van der Waals surface area contributed by atoms with Crippen molar-refractivity contribution in [1.29, 1.82) is 0 Å². The van der Waals surface area contributed by atoms with Crippen LogP contribution in [0, 0.1) is 0 Å². The molecule has 1 aliphatic carbocycles. The highest BCUT2D eigenvalue weighted by molar-refractivity contribution is 5.76. The minimum Gasteiger partial charge on any atom is -0.383 e. The number of methoxy groups -OCH3 is 1. The number of ether oxygens (including phenoxy) is 1. The van der Waals surface area contributed by atoms with E-state index in [2.05, 4.69) is 17.2 Å². The summed E-state index contributed by atoms with van der Waals surface area (Å²) in [5, 5.41) is 4.67. The zero-order chi connectivity index (χ0) is 20.2. The number of hydrogen-bond donors (Lipinski definition) is 0. The number of aromatic nitrogens is 3. The summed E-state index contributed by atoms with van der Waals surface area (Å²) in [6.07, 6.45) is 5.28. The molecule has 1 aromatic heterocycles. The summed E-state index contributed by atoms with van der Waals surface area (Å²) >= 11 is 0. The monoisotopic (exact) mass is 398 g/mol. The lowest BCUT2D eigenvalue weighted by atomic mass is 9.96. The van der Waals surface area contributed by atoms with Crippen LogP contribution in [0.5, 0.6) is 0 Å². The number of amides is 1. The highest BCUT2D eigenvalue weighted by atomic mass is 16.5. The predicted octanol–water partition coefficient (Wildman–Crippen LogP) is 2.36. The van der Waals surface area contributed by atoms with Crippen molar-refractivity contribution in [3.63, 3.8) is 0 Å². The van der Waals surface area contributed by atoms with Crippen LogP contribution in [0.15, 0.2) is 35.1 Å². The van der Waals surface area contributed by atoms with Gasteiger partial charge in [0.05, 0.1) is 13.2 Å². The lowest BCUT2D eigenvalue weighted by molar-refractivity contribution is -0.132.